The lowest BCUT2D eigenvalue weighted by atomic mass is 10.0. The van der Waals surface area contributed by atoms with Gasteiger partial charge in [-0.15, -0.1) is 0 Å². The maximum atomic E-state index is 11.7. The standard InChI is InChI=1S/C27H25N3O/c1-18(31)14-20-10-13-25-23(16-20)24(15-19-8-11-22(28)12-9-19)27-17-26(29(2)30(25)27)21-6-4-3-5-7-21/h3-13,15-17,26H,14,28H2,1-2H3/b24-15-. The van der Waals surface area contributed by atoms with E-state index in [0.29, 0.717) is 6.42 Å². The highest BCUT2D eigenvalue weighted by atomic mass is 16.1. The first-order valence-corrected chi connectivity index (χ1v) is 10.5. The van der Waals surface area contributed by atoms with Gasteiger partial charge >= 0.3 is 0 Å². The van der Waals surface area contributed by atoms with Gasteiger partial charge in [0.15, 0.2) is 0 Å². The molecule has 31 heavy (non-hydrogen) atoms. The Bertz CT molecular complexity index is 1400. The minimum atomic E-state index is 0.163. The van der Waals surface area contributed by atoms with Gasteiger partial charge in [0.2, 0.25) is 0 Å². The number of benzene rings is 3. The number of anilines is 1. The fourth-order valence-electron chi connectivity index (χ4n) is 4.52. The van der Waals surface area contributed by atoms with E-state index in [1.54, 1.807) is 6.92 Å². The second kappa shape index (κ2) is 7.47. The van der Waals surface area contributed by atoms with E-state index in [2.05, 4.69) is 71.3 Å². The number of nitrogens with two attached hydrogens (primary N) is 1. The average molecular weight is 408 g/mol. The lowest BCUT2D eigenvalue weighted by Crippen LogP contribution is -2.35. The number of hydrogen-bond donors (Lipinski definition) is 1. The normalized spacial score (nSPS) is 15.9. The molecule has 0 spiro atoms. The smallest absolute Gasteiger partial charge is 0.134 e. The number of carbonyl (C=O) groups is 1. The molecule has 154 valence electrons. The molecule has 1 aliphatic heterocycles. The summed E-state index contributed by atoms with van der Waals surface area (Å²) in [6.45, 7) is 1.64. The van der Waals surface area contributed by atoms with Crippen LogP contribution in [0.4, 0.5) is 5.69 Å². The Morgan fingerprint density at radius 2 is 1.77 bits per heavy atom. The number of rotatable bonds is 4. The number of aromatic nitrogens is 1. The summed E-state index contributed by atoms with van der Waals surface area (Å²) in [5, 5.41) is 5.76. The van der Waals surface area contributed by atoms with Crippen LogP contribution < -0.4 is 21.3 Å². The summed E-state index contributed by atoms with van der Waals surface area (Å²) >= 11 is 0. The summed E-state index contributed by atoms with van der Waals surface area (Å²) in [7, 11) is 2.13. The molecule has 2 heterocycles. The first kappa shape index (κ1) is 19.2. The molecular formula is C27H25N3O. The van der Waals surface area contributed by atoms with Gasteiger partial charge in [0, 0.05) is 29.8 Å². The van der Waals surface area contributed by atoms with Crippen molar-refractivity contribution in [3.05, 3.63) is 100 Å². The van der Waals surface area contributed by atoms with Gasteiger partial charge in [-0.3, -0.25) is 9.47 Å². The van der Waals surface area contributed by atoms with Gasteiger partial charge in [0.05, 0.1) is 16.9 Å². The van der Waals surface area contributed by atoms with Crippen LogP contribution in [0.5, 0.6) is 0 Å². The molecule has 0 saturated carbocycles. The van der Waals surface area contributed by atoms with Crippen LogP contribution in [0.3, 0.4) is 0 Å². The van der Waals surface area contributed by atoms with Crippen molar-refractivity contribution in [2.24, 2.45) is 0 Å². The number of nitrogens with zero attached hydrogens (tertiary/aromatic N) is 2. The second-order valence-electron chi connectivity index (χ2n) is 8.25. The quantitative estimate of drug-likeness (QED) is 0.528. The predicted octanol–water partition coefficient (Wildman–Crippen LogP) is 3.29. The summed E-state index contributed by atoms with van der Waals surface area (Å²) in [6, 6.07) is 25.0. The van der Waals surface area contributed by atoms with Crippen molar-refractivity contribution in [1.82, 2.24) is 4.68 Å². The third kappa shape index (κ3) is 3.40. The molecule has 1 atom stereocenters. The van der Waals surface area contributed by atoms with Crippen LogP contribution in [0.15, 0.2) is 72.8 Å². The molecule has 1 aliphatic rings. The molecule has 4 aromatic rings. The molecular weight excluding hydrogens is 382 g/mol. The summed E-state index contributed by atoms with van der Waals surface area (Å²) in [4.78, 5) is 11.7. The number of carbonyl (C=O) groups excluding carboxylic acids is 1. The maximum Gasteiger partial charge on any atom is 0.134 e. The minimum Gasteiger partial charge on any atom is -0.399 e. The van der Waals surface area contributed by atoms with Crippen LogP contribution in [0, 0.1) is 0 Å². The van der Waals surface area contributed by atoms with E-state index >= 15 is 0 Å². The topological polar surface area (TPSA) is 51.3 Å². The van der Waals surface area contributed by atoms with Crippen molar-refractivity contribution < 1.29 is 4.79 Å². The minimum absolute atomic E-state index is 0.163. The summed E-state index contributed by atoms with van der Waals surface area (Å²) < 4.78 is 2.29. The molecule has 0 bridgehead atoms. The van der Waals surface area contributed by atoms with E-state index in [1.807, 2.05) is 30.3 Å². The second-order valence-corrected chi connectivity index (χ2v) is 8.25. The predicted molar refractivity (Wildman–Crippen MR) is 128 cm³/mol. The third-order valence-corrected chi connectivity index (χ3v) is 5.96. The van der Waals surface area contributed by atoms with Gasteiger partial charge in [0.25, 0.3) is 0 Å². The van der Waals surface area contributed by atoms with Crippen LogP contribution in [-0.2, 0) is 11.2 Å². The number of Topliss-reactive ketones (excluding diaryl/α,β-unsaturated/α-hetero) is 1. The zero-order valence-electron chi connectivity index (χ0n) is 17.7. The lowest BCUT2D eigenvalue weighted by Gasteiger charge is -2.25. The van der Waals surface area contributed by atoms with Crippen molar-refractivity contribution in [1.29, 1.82) is 0 Å². The Morgan fingerprint density at radius 1 is 1.03 bits per heavy atom. The average Bonchev–Trinajstić information content (AvgIpc) is 3.25. The monoisotopic (exact) mass is 407 g/mol. The fraction of sp³-hybridized carbons (Fsp3) is 0.148. The van der Waals surface area contributed by atoms with E-state index in [-0.39, 0.29) is 11.8 Å². The molecule has 0 amide bonds. The number of ketones is 1. The number of fused-ring (bicyclic) bond motifs is 3. The highest BCUT2D eigenvalue weighted by molar-refractivity contribution is 5.87. The summed E-state index contributed by atoms with van der Waals surface area (Å²) in [5.41, 5.74) is 11.2. The highest BCUT2D eigenvalue weighted by Gasteiger charge is 2.25. The first-order valence-electron chi connectivity index (χ1n) is 10.5. The molecule has 1 unspecified atom stereocenters. The summed E-state index contributed by atoms with van der Waals surface area (Å²) in [5.74, 6) is 0.169. The molecule has 0 aliphatic carbocycles. The Hall–Kier alpha value is -3.79. The van der Waals surface area contributed by atoms with Gasteiger partial charge < -0.3 is 10.7 Å². The molecule has 0 radical (unpaired) electrons. The molecule has 1 aromatic heterocycles. The van der Waals surface area contributed by atoms with Crippen LogP contribution in [0.1, 0.15) is 29.7 Å². The zero-order chi connectivity index (χ0) is 21.5. The van der Waals surface area contributed by atoms with E-state index < -0.39 is 0 Å². The number of hydrogen-bond acceptors (Lipinski definition) is 3. The largest absolute Gasteiger partial charge is 0.399 e. The van der Waals surface area contributed by atoms with E-state index in [9.17, 15) is 4.79 Å². The number of nitrogen functional groups attached to an aromatic ring is 1. The summed E-state index contributed by atoms with van der Waals surface area (Å²) in [6.07, 6.45) is 4.98. The molecule has 3 aromatic carbocycles. The Kier molecular flexibility index (Phi) is 4.63. The van der Waals surface area contributed by atoms with E-state index in [4.69, 9.17) is 5.73 Å². The zero-order valence-corrected chi connectivity index (χ0v) is 17.7. The van der Waals surface area contributed by atoms with Gasteiger partial charge in [-0.2, -0.15) is 0 Å². The Balaban J connectivity index is 1.78. The van der Waals surface area contributed by atoms with Crippen LogP contribution >= 0.6 is 0 Å². The van der Waals surface area contributed by atoms with E-state index in [0.717, 1.165) is 32.9 Å². The van der Waals surface area contributed by atoms with Crippen molar-refractivity contribution in [3.8, 4) is 0 Å². The van der Waals surface area contributed by atoms with Crippen molar-refractivity contribution in [3.63, 3.8) is 0 Å². The maximum absolute atomic E-state index is 11.7. The van der Waals surface area contributed by atoms with Gasteiger partial charge in [-0.05, 0) is 60.0 Å². The van der Waals surface area contributed by atoms with Crippen molar-refractivity contribution in [2.45, 2.75) is 19.4 Å². The fourth-order valence-corrected chi connectivity index (χ4v) is 4.52. The van der Waals surface area contributed by atoms with Crippen LogP contribution in [0.2, 0.25) is 0 Å². The van der Waals surface area contributed by atoms with Crippen molar-refractivity contribution >= 4 is 34.5 Å². The molecule has 4 nitrogen and oxygen atoms in total. The SMILES string of the molecule is CC(=O)Cc1ccc2c(c1)/c(=C/c1ccc(N)cc1)c1n2N(C)C(c2ccccc2)C=1. The van der Waals surface area contributed by atoms with Crippen LogP contribution in [-0.4, -0.2) is 17.5 Å². The lowest BCUT2D eigenvalue weighted by molar-refractivity contribution is -0.116. The van der Waals surface area contributed by atoms with Gasteiger partial charge in [-0.1, -0.05) is 48.5 Å². The first-order chi connectivity index (χ1) is 15.0. The molecule has 0 saturated heterocycles. The Morgan fingerprint density at radius 3 is 2.48 bits per heavy atom. The highest BCUT2D eigenvalue weighted by Crippen LogP contribution is 2.25. The van der Waals surface area contributed by atoms with E-state index in [1.165, 1.54) is 10.9 Å². The van der Waals surface area contributed by atoms with Gasteiger partial charge in [0.1, 0.15) is 5.78 Å². The van der Waals surface area contributed by atoms with Crippen molar-refractivity contribution in [2.75, 3.05) is 17.8 Å². The molecule has 0 fully saturated rings. The third-order valence-electron chi connectivity index (χ3n) is 5.96. The van der Waals surface area contributed by atoms with Crippen LogP contribution in [0.25, 0.3) is 23.1 Å². The molecule has 4 heteroatoms. The Labute approximate surface area is 181 Å². The molecule has 2 N–H and O–H groups in total. The molecule has 5 rings (SSSR count). The van der Waals surface area contributed by atoms with Gasteiger partial charge in [-0.25, -0.2) is 0 Å².